The first-order valence-corrected chi connectivity index (χ1v) is 9.02. The summed E-state index contributed by atoms with van der Waals surface area (Å²) < 4.78 is 0.277. The Balaban J connectivity index is 1.73. The van der Waals surface area contributed by atoms with E-state index in [0.717, 1.165) is 25.1 Å². The monoisotopic (exact) mass is 298 g/mol. The Kier molecular flexibility index (Phi) is 5.41. The fourth-order valence-electron chi connectivity index (χ4n) is 3.68. The molecule has 116 valence electrons. The summed E-state index contributed by atoms with van der Waals surface area (Å²) in [6.45, 7) is 7.42. The minimum absolute atomic E-state index is 0.213. The van der Waals surface area contributed by atoms with Crippen molar-refractivity contribution in [3.63, 3.8) is 0 Å². The number of amides is 1. The summed E-state index contributed by atoms with van der Waals surface area (Å²) in [5.74, 6) is 2.64. The van der Waals surface area contributed by atoms with Crippen LogP contribution in [0.15, 0.2) is 0 Å². The van der Waals surface area contributed by atoms with Gasteiger partial charge in [0.05, 0.1) is 0 Å². The first-order chi connectivity index (χ1) is 9.37. The summed E-state index contributed by atoms with van der Waals surface area (Å²) in [4.78, 5) is 12.3. The number of fused-ring (bicyclic) bond motifs is 2. The van der Waals surface area contributed by atoms with Crippen LogP contribution in [0, 0.1) is 17.8 Å². The number of rotatable bonds is 4. The van der Waals surface area contributed by atoms with Crippen molar-refractivity contribution in [2.45, 2.75) is 63.7 Å². The lowest BCUT2D eigenvalue weighted by molar-refractivity contribution is -0.127. The number of nitrogens with one attached hydrogen (secondary N) is 1. The Bertz CT molecular complexity index is 326. The highest BCUT2D eigenvalue weighted by Gasteiger charge is 2.40. The lowest BCUT2D eigenvalue weighted by atomic mass is 9.65. The number of hydrogen-bond acceptors (Lipinski definition) is 3. The van der Waals surface area contributed by atoms with Gasteiger partial charge in [-0.15, -0.1) is 0 Å². The van der Waals surface area contributed by atoms with Gasteiger partial charge in [-0.3, -0.25) is 4.79 Å². The van der Waals surface area contributed by atoms with Crippen molar-refractivity contribution in [3.05, 3.63) is 0 Å². The minimum atomic E-state index is 0.213. The third-order valence-electron chi connectivity index (χ3n) is 4.72. The molecule has 0 saturated heterocycles. The highest BCUT2D eigenvalue weighted by Crippen LogP contribution is 2.41. The first kappa shape index (κ1) is 16.2. The van der Waals surface area contributed by atoms with Crippen molar-refractivity contribution in [1.29, 1.82) is 0 Å². The van der Waals surface area contributed by atoms with Gasteiger partial charge in [0.2, 0.25) is 5.91 Å². The molecule has 2 fully saturated rings. The summed E-state index contributed by atoms with van der Waals surface area (Å²) in [5, 5.41) is 3.13. The molecule has 0 radical (unpaired) electrons. The van der Waals surface area contributed by atoms with Crippen molar-refractivity contribution in [2.24, 2.45) is 23.5 Å². The second kappa shape index (κ2) is 6.69. The average molecular weight is 298 g/mol. The van der Waals surface area contributed by atoms with E-state index < -0.39 is 0 Å². The van der Waals surface area contributed by atoms with Crippen LogP contribution in [0.1, 0.15) is 52.9 Å². The van der Waals surface area contributed by atoms with Crippen LogP contribution in [0.25, 0.3) is 0 Å². The van der Waals surface area contributed by atoms with E-state index in [1.807, 2.05) is 11.8 Å². The fourth-order valence-corrected chi connectivity index (χ4v) is 4.50. The molecule has 0 aromatic heterocycles. The van der Waals surface area contributed by atoms with Crippen molar-refractivity contribution in [2.75, 3.05) is 12.3 Å². The molecule has 3 nitrogen and oxygen atoms in total. The Labute approximate surface area is 127 Å². The maximum absolute atomic E-state index is 12.3. The van der Waals surface area contributed by atoms with E-state index >= 15 is 0 Å². The van der Waals surface area contributed by atoms with Gasteiger partial charge in [0.15, 0.2) is 0 Å². The number of carbonyl (C=O) groups is 1. The molecule has 3 N–H and O–H groups in total. The third kappa shape index (κ3) is 4.39. The number of nitrogens with two attached hydrogens (primary N) is 1. The van der Waals surface area contributed by atoms with E-state index in [2.05, 4.69) is 26.1 Å². The quantitative estimate of drug-likeness (QED) is 0.785. The van der Waals surface area contributed by atoms with Crippen LogP contribution >= 0.6 is 11.8 Å². The molecule has 2 rings (SSSR count). The molecular formula is C16H30N2OS. The number of thioether (sulfide) groups is 1. The standard InChI is InChI=1S/C16H30N2OS/c1-16(2,3)20-8-7-18-15(19)13-9-11-5-4-6-12(10-13)14(11)17/h11-14H,4-10,17H2,1-3H3,(H,18,19). The van der Waals surface area contributed by atoms with Gasteiger partial charge in [-0.05, 0) is 37.5 Å². The van der Waals surface area contributed by atoms with Gasteiger partial charge < -0.3 is 11.1 Å². The zero-order valence-electron chi connectivity index (χ0n) is 13.2. The lowest BCUT2D eigenvalue weighted by Crippen LogP contribution is -2.49. The Hall–Kier alpha value is -0.220. The average Bonchev–Trinajstić information content (AvgIpc) is 2.33. The van der Waals surface area contributed by atoms with Crippen LogP contribution in [-0.2, 0) is 4.79 Å². The van der Waals surface area contributed by atoms with E-state index in [0.29, 0.717) is 17.9 Å². The smallest absolute Gasteiger partial charge is 0.223 e. The second-order valence-electron chi connectivity index (χ2n) is 7.45. The molecule has 2 aliphatic rings. The molecular weight excluding hydrogens is 268 g/mol. The molecule has 1 amide bonds. The molecule has 2 saturated carbocycles. The molecule has 0 heterocycles. The van der Waals surface area contributed by atoms with Crippen molar-refractivity contribution in [3.8, 4) is 0 Å². The molecule has 0 aromatic carbocycles. The molecule has 2 aliphatic carbocycles. The van der Waals surface area contributed by atoms with Crippen molar-refractivity contribution >= 4 is 17.7 Å². The second-order valence-corrected chi connectivity index (χ2v) is 9.37. The number of hydrogen-bond donors (Lipinski definition) is 2. The molecule has 2 atom stereocenters. The van der Waals surface area contributed by atoms with E-state index in [-0.39, 0.29) is 16.6 Å². The van der Waals surface area contributed by atoms with Crippen LogP contribution in [-0.4, -0.2) is 29.0 Å². The van der Waals surface area contributed by atoms with Crippen LogP contribution in [0.5, 0.6) is 0 Å². The predicted octanol–water partition coefficient (Wildman–Crippen LogP) is 2.79. The fraction of sp³-hybridized carbons (Fsp3) is 0.938. The Morgan fingerprint density at radius 2 is 1.85 bits per heavy atom. The maximum atomic E-state index is 12.3. The summed E-state index contributed by atoms with van der Waals surface area (Å²) >= 11 is 1.90. The maximum Gasteiger partial charge on any atom is 0.223 e. The topological polar surface area (TPSA) is 55.1 Å². The number of carbonyl (C=O) groups excluding carboxylic acids is 1. The summed E-state index contributed by atoms with van der Waals surface area (Å²) in [7, 11) is 0. The van der Waals surface area contributed by atoms with E-state index in [1.165, 1.54) is 19.3 Å². The molecule has 0 spiro atoms. The highest BCUT2D eigenvalue weighted by atomic mass is 32.2. The van der Waals surface area contributed by atoms with Gasteiger partial charge in [-0.2, -0.15) is 11.8 Å². The van der Waals surface area contributed by atoms with Gasteiger partial charge in [-0.25, -0.2) is 0 Å². The van der Waals surface area contributed by atoms with Gasteiger partial charge >= 0.3 is 0 Å². The van der Waals surface area contributed by atoms with Crippen molar-refractivity contribution < 1.29 is 4.79 Å². The normalized spacial score (nSPS) is 33.8. The molecule has 0 aliphatic heterocycles. The van der Waals surface area contributed by atoms with Crippen LogP contribution < -0.4 is 11.1 Å². The zero-order chi connectivity index (χ0) is 14.8. The molecule has 2 bridgehead atoms. The van der Waals surface area contributed by atoms with Gasteiger partial charge in [-0.1, -0.05) is 27.2 Å². The summed E-state index contributed by atoms with van der Waals surface area (Å²) in [5.41, 5.74) is 6.28. The molecule has 2 unspecified atom stereocenters. The molecule has 20 heavy (non-hydrogen) atoms. The highest BCUT2D eigenvalue weighted by molar-refractivity contribution is 8.00. The van der Waals surface area contributed by atoms with E-state index in [1.54, 1.807) is 0 Å². The third-order valence-corrected chi connectivity index (χ3v) is 5.99. The minimum Gasteiger partial charge on any atom is -0.355 e. The van der Waals surface area contributed by atoms with E-state index in [4.69, 9.17) is 5.73 Å². The van der Waals surface area contributed by atoms with Gasteiger partial charge in [0, 0.05) is 29.0 Å². The largest absolute Gasteiger partial charge is 0.355 e. The Morgan fingerprint density at radius 3 is 2.40 bits per heavy atom. The van der Waals surface area contributed by atoms with Gasteiger partial charge in [0.25, 0.3) is 0 Å². The first-order valence-electron chi connectivity index (χ1n) is 8.04. The van der Waals surface area contributed by atoms with Crippen molar-refractivity contribution in [1.82, 2.24) is 5.32 Å². The lowest BCUT2D eigenvalue weighted by Gasteiger charge is -2.43. The zero-order valence-corrected chi connectivity index (χ0v) is 14.0. The van der Waals surface area contributed by atoms with E-state index in [9.17, 15) is 4.79 Å². The molecule has 4 heteroatoms. The van der Waals surface area contributed by atoms with Gasteiger partial charge in [0.1, 0.15) is 0 Å². The SMILES string of the molecule is CC(C)(C)SCCNC(=O)C1CC2CCCC(C1)C2N. The summed E-state index contributed by atoms with van der Waals surface area (Å²) in [6.07, 6.45) is 5.77. The summed E-state index contributed by atoms with van der Waals surface area (Å²) in [6, 6.07) is 0.351. The van der Waals surface area contributed by atoms with Crippen LogP contribution in [0.3, 0.4) is 0 Å². The Morgan fingerprint density at radius 1 is 1.25 bits per heavy atom. The molecule has 0 aromatic rings. The van der Waals surface area contributed by atoms with Crippen LogP contribution in [0.2, 0.25) is 0 Å². The predicted molar refractivity (Wildman–Crippen MR) is 86.8 cm³/mol. The van der Waals surface area contributed by atoms with Crippen LogP contribution in [0.4, 0.5) is 0 Å².